The summed E-state index contributed by atoms with van der Waals surface area (Å²) >= 11 is 1.24. The molecule has 0 bridgehead atoms. The Morgan fingerprint density at radius 3 is 2.59 bits per heavy atom. The Balaban J connectivity index is 1.59. The summed E-state index contributed by atoms with van der Waals surface area (Å²) in [6, 6.07) is 10.6. The zero-order valence-corrected chi connectivity index (χ0v) is 16.0. The molecule has 2 aromatic rings. The van der Waals surface area contributed by atoms with Crippen LogP contribution in [0.15, 0.2) is 48.5 Å². The van der Waals surface area contributed by atoms with E-state index in [0.29, 0.717) is 5.56 Å². The van der Waals surface area contributed by atoms with E-state index in [9.17, 15) is 27.2 Å². The fourth-order valence-corrected chi connectivity index (χ4v) is 4.16. The molecule has 1 atom stereocenters. The minimum atomic E-state index is -4.46. The van der Waals surface area contributed by atoms with Crippen molar-refractivity contribution in [3.8, 4) is 0 Å². The molecule has 1 aliphatic rings. The molecule has 0 aliphatic carbocycles. The Labute approximate surface area is 169 Å². The van der Waals surface area contributed by atoms with E-state index in [1.54, 1.807) is 18.2 Å². The van der Waals surface area contributed by atoms with Crippen LogP contribution in [0.5, 0.6) is 0 Å². The molecule has 4 nitrogen and oxygen atoms in total. The van der Waals surface area contributed by atoms with Gasteiger partial charge in [-0.05, 0) is 35.4 Å². The van der Waals surface area contributed by atoms with E-state index >= 15 is 0 Å². The fraction of sp³-hybridized carbons (Fsp3) is 0.300. The molecule has 2 aromatic carbocycles. The van der Waals surface area contributed by atoms with E-state index in [0.717, 1.165) is 17.7 Å². The first-order valence-corrected chi connectivity index (χ1v) is 9.88. The van der Waals surface area contributed by atoms with Gasteiger partial charge in [0.1, 0.15) is 11.2 Å². The normalized spacial score (nSPS) is 16.9. The zero-order valence-electron chi connectivity index (χ0n) is 15.2. The average Bonchev–Trinajstić information content (AvgIpc) is 3.06. The molecule has 29 heavy (non-hydrogen) atoms. The number of carbonyl (C=O) groups excluding carboxylic acids is 2. The Morgan fingerprint density at radius 2 is 1.90 bits per heavy atom. The van der Waals surface area contributed by atoms with Crippen LogP contribution >= 0.6 is 11.8 Å². The molecule has 0 saturated carbocycles. The van der Waals surface area contributed by atoms with Crippen molar-refractivity contribution < 1.29 is 27.2 Å². The van der Waals surface area contributed by atoms with Crippen molar-refractivity contribution in [3.63, 3.8) is 0 Å². The molecule has 1 aliphatic heterocycles. The van der Waals surface area contributed by atoms with Crippen molar-refractivity contribution >= 4 is 23.6 Å². The van der Waals surface area contributed by atoms with Gasteiger partial charge in [0, 0.05) is 19.5 Å². The lowest BCUT2D eigenvalue weighted by Crippen LogP contribution is -2.33. The topological polar surface area (TPSA) is 49.4 Å². The number of amides is 2. The van der Waals surface area contributed by atoms with Crippen molar-refractivity contribution in [1.29, 1.82) is 0 Å². The molecular weight excluding hydrogens is 408 g/mol. The second kappa shape index (κ2) is 8.86. The van der Waals surface area contributed by atoms with Gasteiger partial charge < -0.3 is 10.2 Å². The SMILES string of the molecule is O=C(CCN1C(=O)CSC1c1cccc(C(F)(F)F)c1)NCc1ccc(F)cc1. The maximum Gasteiger partial charge on any atom is 0.416 e. The smallest absolute Gasteiger partial charge is 0.352 e. The molecule has 0 aromatic heterocycles. The summed E-state index contributed by atoms with van der Waals surface area (Å²) in [5.41, 5.74) is 0.337. The van der Waals surface area contributed by atoms with E-state index in [2.05, 4.69) is 5.32 Å². The number of hydrogen-bond acceptors (Lipinski definition) is 3. The lowest BCUT2D eigenvalue weighted by Gasteiger charge is -2.24. The highest BCUT2D eigenvalue weighted by molar-refractivity contribution is 8.00. The van der Waals surface area contributed by atoms with Gasteiger partial charge in [-0.2, -0.15) is 13.2 Å². The number of nitrogens with one attached hydrogen (secondary N) is 1. The number of nitrogens with zero attached hydrogens (tertiary/aromatic N) is 1. The summed E-state index contributed by atoms with van der Waals surface area (Å²) in [6.45, 7) is 0.320. The van der Waals surface area contributed by atoms with Gasteiger partial charge in [0.25, 0.3) is 0 Å². The Kier molecular flexibility index (Phi) is 6.46. The van der Waals surface area contributed by atoms with Crippen molar-refractivity contribution in [1.82, 2.24) is 10.2 Å². The highest BCUT2D eigenvalue weighted by Gasteiger charge is 2.35. The third kappa shape index (κ3) is 5.50. The highest BCUT2D eigenvalue weighted by Crippen LogP contribution is 2.40. The molecule has 0 radical (unpaired) electrons. The van der Waals surface area contributed by atoms with Crippen LogP contribution in [0.3, 0.4) is 0 Å². The minimum absolute atomic E-state index is 0.0168. The summed E-state index contributed by atoms with van der Waals surface area (Å²) in [5.74, 6) is -0.741. The molecule has 1 saturated heterocycles. The van der Waals surface area contributed by atoms with Gasteiger partial charge in [-0.25, -0.2) is 4.39 Å². The molecule has 1 heterocycles. The zero-order chi connectivity index (χ0) is 21.0. The summed E-state index contributed by atoms with van der Waals surface area (Å²) in [5, 5.41) is 2.13. The van der Waals surface area contributed by atoms with E-state index in [4.69, 9.17) is 0 Å². The number of alkyl halides is 3. The van der Waals surface area contributed by atoms with Crippen molar-refractivity contribution in [2.24, 2.45) is 0 Å². The van der Waals surface area contributed by atoms with Crippen LogP contribution in [0.2, 0.25) is 0 Å². The Morgan fingerprint density at radius 1 is 1.17 bits per heavy atom. The third-order valence-corrected chi connectivity index (χ3v) is 5.71. The number of halogens is 4. The van der Waals surface area contributed by atoms with E-state index in [1.165, 1.54) is 34.9 Å². The van der Waals surface area contributed by atoms with Crippen LogP contribution in [0.1, 0.15) is 28.5 Å². The first-order valence-electron chi connectivity index (χ1n) is 8.83. The molecular formula is C20H18F4N2O2S. The van der Waals surface area contributed by atoms with Crippen LogP contribution in [-0.2, 0) is 22.3 Å². The Bertz CT molecular complexity index is 887. The van der Waals surface area contributed by atoms with Gasteiger partial charge >= 0.3 is 6.18 Å². The van der Waals surface area contributed by atoms with Gasteiger partial charge in [0.15, 0.2) is 0 Å². The quantitative estimate of drug-likeness (QED) is 0.707. The van der Waals surface area contributed by atoms with Gasteiger partial charge in [-0.3, -0.25) is 9.59 Å². The lowest BCUT2D eigenvalue weighted by molar-refractivity contribution is -0.137. The molecule has 1 N–H and O–H groups in total. The van der Waals surface area contributed by atoms with Gasteiger partial charge in [-0.1, -0.05) is 24.3 Å². The van der Waals surface area contributed by atoms with Crippen LogP contribution < -0.4 is 5.32 Å². The van der Waals surface area contributed by atoms with Gasteiger partial charge in [0.2, 0.25) is 11.8 Å². The molecule has 3 rings (SSSR count). The van der Waals surface area contributed by atoms with Crippen molar-refractivity contribution in [2.45, 2.75) is 24.5 Å². The summed E-state index contributed by atoms with van der Waals surface area (Å²) in [4.78, 5) is 25.7. The number of rotatable bonds is 6. The summed E-state index contributed by atoms with van der Waals surface area (Å²) in [6.07, 6.45) is -4.45. The van der Waals surface area contributed by atoms with E-state index < -0.39 is 17.1 Å². The van der Waals surface area contributed by atoms with Crippen LogP contribution in [0, 0.1) is 5.82 Å². The lowest BCUT2D eigenvalue weighted by atomic mass is 10.1. The second-order valence-corrected chi connectivity index (χ2v) is 7.60. The molecule has 154 valence electrons. The molecule has 2 amide bonds. The van der Waals surface area contributed by atoms with Crippen LogP contribution in [0.4, 0.5) is 17.6 Å². The molecule has 1 unspecified atom stereocenters. The van der Waals surface area contributed by atoms with Crippen molar-refractivity contribution in [3.05, 3.63) is 71.0 Å². The maximum absolute atomic E-state index is 13.0. The Hall–Kier alpha value is -2.55. The van der Waals surface area contributed by atoms with Crippen molar-refractivity contribution in [2.75, 3.05) is 12.3 Å². The van der Waals surface area contributed by atoms with Crippen LogP contribution in [-0.4, -0.2) is 29.0 Å². The third-order valence-electron chi connectivity index (χ3n) is 4.45. The predicted molar refractivity (Wildman–Crippen MR) is 101 cm³/mol. The summed E-state index contributed by atoms with van der Waals surface area (Å²) in [7, 11) is 0. The number of carbonyl (C=O) groups is 2. The maximum atomic E-state index is 13.0. The fourth-order valence-electron chi connectivity index (χ4n) is 2.95. The molecule has 9 heteroatoms. The number of hydrogen-bond donors (Lipinski definition) is 1. The van der Waals surface area contributed by atoms with Gasteiger partial charge in [-0.15, -0.1) is 11.8 Å². The highest BCUT2D eigenvalue weighted by atomic mass is 32.2. The number of benzene rings is 2. The number of thioether (sulfide) groups is 1. The van der Waals surface area contributed by atoms with E-state index in [1.807, 2.05) is 0 Å². The summed E-state index contributed by atoms with van der Waals surface area (Å²) < 4.78 is 51.8. The predicted octanol–water partition coefficient (Wildman–Crippen LogP) is 4.13. The first kappa shape index (κ1) is 21.2. The molecule has 1 fully saturated rings. The minimum Gasteiger partial charge on any atom is -0.352 e. The largest absolute Gasteiger partial charge is 0.416 e. The first-order chi connectivity index (χ1) is 13.7. The average molecular weight is 426 g/mol. The molecule has 0 spiro atoms. The van der Waals surface area contributed by atoms with Gasteiger partial charge in [0.05, 0.1) is 11.3 Å². The van der Waals surface area contributed by atoms with E-state index in [-0.39, 0.29) is 42.9 Å². The van der Waals surface area contributed by atoms with Crippen LogP contribution in [0.25, 0.3) is 0 Å². The monoisotopic (exact) mass is 426 g/mol. The second-order valence-electron chi connectivity index (χ2n) is 6.53. The standard InChI is InChI=1S/C20H18F4N2O2S/c21-16-6-4-13(5-7-16)11-25-17(27)8-9-26-18(28)12-29-19(26)14-2-1-3-15(10-14)20(22,23)24/h1-7,10,19H,8-9,11-12H2,(H,25,27).